The molecule has 0 atom stereocenters. The highest BCUT2D eigenvalue weighted by molar-refractivity contribution is 7.89. The molecule has 3 rings (SSSR count). The minimum absolute atomic E-state index is 0.143. The molecule has 0 radical (unpaired) electrons. The lowest BCUT2D eigenvalue weighted by atomic mass is 10.0. The molecule has 136 valence electrons. The molecule has 7 heteroatoms. The van der Waals surface area contributed by atoms with Gasteiger partial charge in [-0.25, -0.2) is 13.1 Å². The Hall–Kier alpha value is -2.64. The molecule has 0 aliphatic heterocycles. The molecule has 0 saturated heterocycles. The number of sulfonamides is 1. The van der Waals surface area contributed by atoms with Crippen molar-refractivity contribution in [3.63, 3.8) is 0 Å². The van der Waals surface area contributed by atoms with E-state index in [2.05, 4.69) is 10.0 Å². The zero-order valence-corrected chi connectivity index (χ0v) is 15.6. The van der Waals surface area contributed by atoms with Crippen LogP contribution >= 0.6 is 0 Å². The van der Waals surface area contributed by atoms with Gasteiger partial charge in [-0.05, 0) is 56.3 Å². The van der Waals surface area contributed by atoms with E-state index in [9.17, 15) is 13.2 Å². The van der Waals surface area contributed by atoms with Gasteiger partial charge in [-0.1, -0.05) is 12.1 Å². The Labute approximate surface area is 152 Å². The molecule has 0 spiro atoms. The highest BCUT2D eigenvalue weighted by atomic mass is 32.2. The molecule has 0 bridgehead atoms. The van der Waals surface area contributed by atoms with Crippen molar-refractivity contribution in [1.82, 2.24) is 4.72 Å². The van der Waals surface area contributed by atoms with Crippen molar-refractivity contribution in [3.8, 4) is 0 Å². The maximum atomic E-state index is 12.3. The van der Waals surface area contributed by atoms with E-state index in [-0.39, 0.29) is 17.2 Å². The number of furan rings is 1. The number of hydrogen-bond donors (Lipinski definition) is 2. The average Bonchev–Trinajstić information content (AvgIpc) is 3.02. The first-order valence-electron chi connectivity index (χ1n) is 8.11. The second-order valence-corrected chi connectivity index (χ2v) is 7.99. The van der Waals surface area contributed by atoms with E-state index in [0.29, 0.717) is 5.69 Å². The lowest BCUT2D eigenvalue weighted by Gasteiger charge is -2.07. The van der Waals surface area contributed by atoms with Crippen molar-refractivity contribution >= 4 is 32.6 Å². The number of carbonyl (C=O) groups is 1. The number of anilines is 1. The first-order valence-corrected chi connectivity index (χ1v) is 9.60. The maximum absolute atomic E-state index is 12.3. The van der Waals surface area contributed by atoms with Gasteiger partial charge in [0.15, 0.2) is 0 Å². The Morgan fingerprint density at radius 2 is 1.77 bits per heavy atom. The van der Waals surface area contributed by atoms with E-state index >= 15 is 0 Å². The average molecular weight is 372 g/mol. The van der Waals surface area contributed by atoms with E-state index in [1.54, 1.807) is 18.4 Å². The fourth-order valence-corrected chi connectivity index (χ4v) is 3.47. The highest BCUT2D eigenvalue weighted by Crippen LogP contribution is 2.27. The molecule has 0 unspecified atom stereocenters. The predicted octanol–water partition coefficient (Wildman–Crippen LogP) is 3.14. The zero-order valence-electron chi connectivity index (χ0n) is 14.8. The van der Waals surface area contributed by atoms with Gasteiger partial charge >= 0.3 is 0 Å². The summed E-state index contributed by atoms with van der Waals surface area (Å²) in [7, 11) is -2.14. The highest BCUT2D eigenvalue weighted by Gasteiger charge is 2.14. The molecule has 6 nitrogen and oxygen atoms in total. The van der Waals surface area contributed by atoms with Crippen molar-refractivity contribution in [3.05, 3.63) is 59.4 Å². The Morgan fingerprint density at radius 3 is 2.42 bits per heavy atom. The predicted molar refractivity (Wildman–Crippen MR) is 101 cm³/mol. The maximum Gasteiger partial charge on any atom is 0.240 e. The molecule has 0 aliphatic carbocycles. The van der Waals surface area contributed by atoms with Crippen LogP contribution in [0.1, 0.15) is 16.7 Å². The minimum atomic E-state index is -3.49. The molecular weight excluding hydrogens is 352 g/mol. The van der Waals surface area contributed by atoms with Gasteiger partial charge in [0.2, 0.25) is 15.9 Å². The van der Waals surface area contributed by atoms with Crippen LogP contribution in [0.5, 0.6) is 0 Å². The summed E-state index contributed by atoms with van der Waals surface area (Å²) in [6.45, 7) is 4.01. The number of aryl methyl sites for hydroxylation is 2. The fraction of sp³-hybridized carbons (Fsp3) is 0.211. The third-order valence-electron chi connectivity index (χ3n) is 4.41. The topological polar surface area (TPSA) is 88.4 Å². The Kier molecular flexibility index (Phi) is 4.84. The number of amides is 1. The lowest BCUT2D eigenvalue weighted by Crippen LogP contribution is -2.18. The summed E-state index contributed by atoms with van der Waals surface area (Å²) >= 11 is 0. The lowest BCUT2D eigenvalue weighted by molar-refractivity contribution is -0.115. The van der Waals surface area contributed by atoms with E-state index in [1.165, 1.54) is 19.2 Å². The molecule has 1 heterocycles. The van der Waals surface area contributed by atoms with Gasteiger partial charge in [0, 0.05) is 16.6 Å². The van der Waals surface area contributed by atoms with Crippen LogP contribution in [0, 0.1) is 13.8 Å². The van der Waals surface area contributed by atoms with Crippen LogP contribution in [0.4, 0.5) is 5.69 Å². The molecular formula is C19H20N2O4S. The van der Waals surface area contributed by atoms with Crippen molar-refractivity contribution in [2.45, 2.75) is 25.2 Å². The Morgan fingerprint density at radius 1 is 1.08 bits per heavy atom. The summed E-state index contributed by atoms with van der Waals surface area (Å²) < 4.78 is 31.3. The van der Waals surface area contributed by atoms with Crippen molar-refractivity contribution in [1.29, 1.82) is 0 Å². The molecule has 3 aromatic rings. The monoisotopic (exact) mass is 372 g/mol. The largest absolute Gasteiger partial charge is 0.464 e. The normalized spacial score (nSPS) is 11.7. The van der Waals surface area contributed by atoms with Crippen LogP contribution in [0.25, 0.3) is 11.0 Å². The SMILES string of the molecule is CNS(=O)(=O)c1ccc(NC(=O)Cc2coc3c(C)c(C)ccc23)cc1. The van der Waals surface area contributed by atoms with Gasteiger partial charge in [-0.15, -0.1) is 0 Å². The van der Waals surface area contributed by atoms with Gasteiger partial charge in [-0.2, -0.15) is 0 Å². The molecule has 2 N–H and O–H groups in total. The molecule has 1 amide bonds. The van der Waals surface area contributed by atoms with Gasteiger partial charge in [0.25, 0.3) is 0 Å². The number of carbonyl (C=O) groups excluding carboxylic acids is 1. The fourth-order valence-electron chi connectivity index (χ4n) is 2.74. The second-order valence-electron chi connectivity index (χ2n) is 6.10. The minimum Gasteiger partial charge on any atom is -0.464 e. The summed E-state index contributed by atoms with van der Waals surface area (Å²) in [6, 6.07) is 9.98. The Balaban J connectivity index is 1.75. The van der Waals surface area contributed by atoms with Crippen molar-refractivity contribution in [2.75, 3.05) is 12.4 Å². The van der Waals surface area contributed by atoms with Gasteiger partial charge < -0.3 is 9.73 Å². The molecule has 26 heavy (non-hydrogen) atoms. The van der Waals surface area contributed by atoms with Crippen molar-refractivity contribution in [2.24, 2.45) is 0 Å². The van der Waals surface area contributed by atoms with Crippen LogP contribution in [0.3, 0.4) is 0 Å². The third kappa shape index (κ3) is 3.49. The molecule has 0 aliphatic rings. The van der Waals surface area contributed by atoms with Gasteiger partial charge in [0.1, 0.15) is 5.58 Å². The summed E-state index contributed by atoms with van der Waals surface area (Å²) in [5.41, 5.74) is 4.35. The molecule has 2 aromatic carbocycles. The van der Waals surface area contributed by atoms with E-state index in [1.807, 2.05) is 26.0 Å². The first kappa shape index (κ1) is 18.2. The first-order chi connectivity index (χ1) is 12.3. The third-order valence-corrected chi connectivity index (χ3v) is 5.84. The van der Waals surface area contributed by atoms with Gasteiger partial charge in [0.05, 0.1) is 17.6 Å². The molecule has 1 aromatic heterocycles. The van der Waals surface area contributed by atoms with Crippen LogP contribution in [0.15, 0.2) is 52.0 Å². The zero-order chi connectivity index (χ0) is 18.9. The number of rotatable bonds is 5. The van der Waals surface area contributed by atoms with Crippen LogP contribution in [0.2, 0.25) is 0 Å². The summed E-state index contributed by atoms with van der Waals surface area (Å²) in [5, 5.41) is 3.70. The summed E-state index contributed by atoms with van der Waals surface area (Å²) in [4.78, 5) is 12.5. The van der Waals surface area contributed by atoms with Crippen LogP contribution in [-0.4, -0.2) is 21.4 Å². The van der Waals surface area contributed by atoms with Crippen molar-refractivity contribution < 1.29 is 17.6 Å². The van der Waals surface area contributed by atoms with E-state index in [0.717, 1.165) is 27.7 Å². The second kappa shape index (κ2) is 6.93. The number of hydrogen-bond acceptors (Lipinski definition) is 4. The quantitative estimate of drug-likeness (QED) is 0.720. The van der Waals surface area contributed by atoms with E-state index in [4.69, 9.17) is 4.42 Å². The van der Waals surface area contributed by atoms with E-state index < -0.39 is 10.0 Å². The standard InChI is InChI=1S/C19H20N2O4S/c1-12-4-9-17-14(11-25-19(17)13(12)2)10-18(22)21-15-5-7-16(8-6-15)26(23,24)20-3/h4-9,11,20H,10H2,1-3H3,(H,21,22). The Bertz CT molecular complexity index is 1070. The molecule has 0 fully saturated rings. The molecule has 0 saturated carbocycles. The summed E-state index contributed by atoms with van der Waals surface area (Å²) in [6.07, 6.45) is 1.78. The van der Waals surface area contributed by atoms with Crippen LogP contribution in [-0.2, 0) is 21.2 Å². The smallest absolute Gasteiger partial charge is 0.240 e. The number of benzene rings is 2. The number of fused-ring (bicyclic) bond motifs is 1. The van der Waals surface area contributed by atoms with Crippen LogP contribution < -0.4 is 10.0 Å². The summed E-state index contributed by atoms with van der Waals surface area (Å²) in [5.74, 6) is -0.199. The number of nitrogens with one attached hydrogen (secondary N) is 2. The van der Waals surface area contributed by atoms with Gasteiger partial charge in [-0.3, -0.25) is 4.79 Å².